The summed E-state index contributed by atoms with van der Waals surface area (Å²) in [4.78, 5) is 0. The molecule has 0 bridgehead atoms. The zero-order chi connectivity index (χ0) is 12.7. The van der Waals surface area contributed by atoms with Gasteiger partial charge in [-0.1, -0.05) is 41.5 Å². The molecule has 0 N–H and O–H groups in total. The van der Waals surface area contributed by atoms with E-state index in [2.05, 4.69) is 41.5 Å². The van der Waals surface area contributed by atoms with Gasteiger partial charge in [0.1, 0.15) is 0 Å². The molecule has 92 valence electrons. The Labute approximate surface area is 106 Å². The van der Waals surface area contributed by atoms with Gasteiger partial charge in [0.05, 0.1) is 0 Å². The second-order valence-corrected chi connectivity index (χ2v) is 18.2. The van der Waals surface area contributed by atoms with Crippen LogP contribution in [0.15, 0.2) is 0 Å². The number of halogens is 2. The maximum absolute atomic E-state index is 6.57. The Morgan fingerprint density at radius 1 is 0.733 bits per heavy atom. The second kappa shape index (κ2) is 4.33. The van der Waals surface area contributed by atoms with Crippen molar-refractivity contribution in [3.05, 3.63) is 0 Å². The highest BCUT2D eigenvalue weighted by atomic mass is 35.6. The fraction of sp³-hybridized carbons (Fsp3) is 1.00. The molecule has 0 aromatic heterocycles. The molecule has 0 heterocycles. The lowest BCUT2D eigenvalue weighted by molar-refractivity contribution is 0.477. The quantitative estimate of drug-likeness (QED) is 0.499. The van der Waals surface area contributed by atoms with Gasteiger partial charge in [-0.25, -0.2) is 0 Å². The lowest BCUT2D eigenvalue weighted by Gasteiger charge is -2.43. The Morgan fingerprint density at radius 2 is 0.933 bits per heavy atom. The fourth-order valence-corrected chi connectivity index (χ4v) is 9.13. The summed E-state index contributed by atoms with van der Waals surface area (Å²) in [5.41, 5.74) is 0. The van der Waals surface area contributed by atoms with Crippen LogP contribution in [0.3, 0.4) is 0 Å². The minimum absolute atomic E-state index is 0.00293. The van der Waals surface area contributed by atoms with E-state index in [1.54, 1.807) is 0 Å². The minimum atomic E-state index is -2.25. The van der Waals surface area contributed by atoms with Crippen LogP contribution in [-0.2, 0) is 4.12 Å². The summed E-state index contributed by atoms with van der Waals surface area (Å²) < 4.78 is 6.16. The van der Waals surface area contributed by atoms with Crippen molar-refractivity contribution in [2.24, 2.45) is 0 Å². The van der Waals surface area contributed by atoms with Crippen molar-refractivity contribution in [1.82, 2.24) is 0 Å². The lowest BCUT2D eigenvalue weighted by atomic mass is 10.3. The van der Waals surface area contributed by atoms with Crippen LogP contribution in [0.4, 0.5) is 0 Å². The Hall–Kier alpha value is 0.974. The Morgan fingerprint density at radius 3 is 1.07 bits per heavy atom. The summed E-state index contributed by atoms with van der Waals surface area (Å²) in [6.07, 6.45) is 0. The maximum atomic E-state index is 6.57. The van der Waals surface area contributed by atoms with Crippen LogP contribution < -0.4 is 0 Å². The van der Waals surface area contributed by atoms with Crippen LogP contribution in [0.1, 0.15) is 41.5 Å². The lowest BCUT2D eigenvalue weighted by Crippen LogP contribution is -2.51. The summed E-state index contributed by atoms with van der Waals surface area (Å²) in [7, 11) is -4.50. The van der Waals surface area contributed by atoms with E-state index in [9.17, 15) is 0 Å². The Balaban J connectivity index is 4.89. The molecule has 0 aliphatic carbocycles. The molecular weight excluding hydrogens is 263 g/mol. The monoisotopic (exact) mass is 286 g/mol. The zero-order valence-corrected chi connectivity index (χ0v) is 14.7. The molecular formula is C10H24Cl2OSi2. The third kappa shape index (κ3) is 4.04. The average Bonchev–Trinajstić information content (AvgIpc) is 1.77. The van der Waals surface area contributed by atoms with Crippen LogP contribution >= 0.6 is 22.2 Å². The van der Waals surface area contributed by atoms with E-state index >= 15 is 0 Å². The van der Waals surface area contributed by atoms with Gasteiger partial charge in [-0.15, -0.1) is 22.2 Å². The van der Waals surface area contributed by atoms with Gasteiger partial charge >= 0.3 is 0 Å². The first kappa shape index (κ1) is 16.0. The smallest absolute Gasteiger partial charge is 0.283 e. The van der Waals surface area contributed by atoms with Crippen LogP contribution in [-0.4, -0.2) is 15.3 Å². The molecule has 0 saturated carbocycles. The van der Waals surface area contributed by atoms with Gasteiger partial charge in [-0.3, -0.25) is 0 Å². The van der Waals surface area contributed by atoms with Crippen molar-refractivity contribution < 1.29 is 4.12 Å². The highest BCUT2D eigenvalue weighted by Crippen LogP contribution is 2.47. The molecule has 2 unspecified atom stereocenters. The number of hydrogen-bond donors (Lipinski definition) is 0. The van der Waals surface area contributed by atoms with Gasteiger partial charge in [0.25, 0.3) is 15.3 Å². The molecule has 0 fully saturated rings. The first-order chi connectivity index (χ1) is 6.21. The summed E-state index contributed by atoms with van der Waals surface area (Å²) in [5, 5.41) is 0.00586. The Kier molecular flexibility index (Phi) is 4.62. The molecule has 0 aromatic carbocycles. The highest BCUT2D eigenvalue weighted by Gasteiger charge is 2.50. The number of hydrogen-bond acceptors (Lipinski definition) is 1. The van der Waals surface area contributed by atoms with Crippen molar-refractivity contribution in [2.45, 2.75) is 64.7 Å². The zero-order valence-electron chi connectivity index (χ0n) is 11.2. The predicted octanol–water partition coefficient (Wildman–Crippen LogP) is 5.22. The van der Waals surface area contributed by atoms with E-state index in [1.807, 2.05) is 13.1 Å². The molecule has 15 heavy (non-hydrogen) atoms. The van der Waals surface area contributed by atoms with Crippen LogP contribution in [0.2, 0.25) is 23.2 Å². The number of rotatable bonds is 2. The van der Waals surface area contributed by atoms with Crippen LogP contribution in [0.25, 0.3) is 0 Å². The molecule has 0 amide bonds. The van der Waals surface area contributed by atoms with Crippen LogP contribution in [0.5, 0.6) is 0 Å². The van der Waals surface area contributed by atoms with Crippen molar-refractivity contribution in [1.29, 1.82) is 0 Å². The standard InChI is InChI=1S/C10H24Cl2OSi2/c1-9(2,3)14(7,11)13-15(8,12)10(4,5)6/h1-8H3. The van der Waals surface area contributed by atoms with Crippen molar-refractivity contribution in [3.8, 4) is 0 Å². The molecule has 0 aliphatic heterocycles. The average molecular weight is 287 g/mol. The van der Waals surface area contributed by atoms with E-state index in [0.717, 1.165) is 0 Å². The van der Waals surface area contributed by atoms with Gasteiger partial charge in [0.2, 0.25) is 0 Å². The summed E-state index contributed by atoms with van der Waals surface area (Å²) in [6.45, 7) is 16.8. The Bertz CT molecular complexity index is 203. The van der Waals surface area contributed by atoms with Gasteiger partial charge < -0.3 is 4.12 Å². The van der Waals surface area contributed by atoms with E-state index < -0.39 is 15.3 Å². The SMILES string of the molecule is CC(C)(C)[Si](C)(Cl)O[Si](C)(Cl)C(C)(C)C. The van der Waals surface area contributed by atoms with Crippen molar-refractivity contribution >= 4 is 37.4 Å². The summed E-state index contributed by atoms with van der Waals surface area (Å²) in [6, 6.07) is 0. The van der Waals surface area contributed by atoms with E-state index in [1.165, 1.54) is 0 Å². The third-order valence-electron chi connectivity index (χ3n) is 3.06. The highest BCUT2D eigenvalue weighted by molar-refractivity contribution is 7.27. The predicted molar refractivity (Wildman–Crippen MR) is 75.5 cm³/mol. The van der Waals surface area contributed by atoms with Gasteiger partial charge in [-0.2, -0.15) is 0 Å². The first-order valence-corrected chi connectivity index (χ1v) is 12.1. The molecule has 0 saturated heterocycles. The maximum Gasteiger partial charge on any atom is 0.283 e. The van der Waals surface area contributed by atoms with E-state index in [-0.39, 0.29) is 10.1 Å². The molecule has 2 atom stereocenters. The molecule has 0 spiro atoms. The van der Waals surface area contributed by atoms with Gasteiger partial charge in [-0.05, 0) is 23.2 Å². The topological polar surface area (TPSA) is 9.23 Å². The fourth-order valence-electron chi connectivity index (χ4n) is 0.666. The van der Waals surface area contributed by atoms with Crippen molar-refractivity contribution in [2.75, 3.05) is 0 Å². The third-order valence-corrected chi connectivity index (χ3v) is 16.3. The van der Waals surface area contributed by atoms with E-state index in [0.29, 0.717) is 0 Å². The normalized spacial score (nSPS) is 22.0. The molecule has 5 heteroatoms. The summed E-state index contributed by atoms with van der Waals surface area (Å²) in [5.74, 6) is 0. The molecule has 1 nitrogen and oxygen atoms in total. The minimum Gasteiger partial charge on any atom is -0.432 e. The summed E-state index contributed by atoms with van der Waals surface area (Å²) >= 11 is 13.1. The van der Waals surface area contributed by atoms with Gasteiger partial charge in [0, 0.05) is 0 Å². The molecule has 0 rings (SSSR count). The van der Waals surface area contributed by atoms with E-state index in [4.69, 9.17) is 26.3 Å². The molecule has 0 radical (unpaired) electrons. The van der Waals surface area contributed by atoms with Gasteiger partial charge in [0.15, 0.2) is 0 Å². The van der Waals surface area contributed by atoms with Crippen LogP contribution in [0, 0.1) is 0 Å². The molecule has 0 aliphatic rings. The van der Waals surface area contributed by atoms with Crippen molar-refractivity contribution in [3.63, 3.8) is 0 Å². The first-order valence-electron chi connectivity index (χ1n) is 5.29. The molecule has 0 aromatic rings. The largest absolute Gasteiger partial charge is 0.432 e. The second-order valence-electron chi connectivity index (χ2n) is 6.44.